The number of hydrogen-bond acceptors (Lipinski definition) is 0. The molecule has 1 heteroatoms. The van der Waals surface area contributed by atoms with Gasteiger partial charge in [0.25, 0.3) is 0 Å². The van der Waals surface area contributed by atoms with Crippen molar-refractivity contribution in [2.45, 2.75) is 25.7 Å². The minimum Gasteiger partial charge on any atom is -0.0723 e. The lowest BCUT2D eigenvalue weighted by molar-refractivity contribution is 0.762. The summed E-state index contributed by atoms with van der Waals surface area (Å²) in [5.41, 5.74) is 5.13. The second-order valence-electron chi connectivity index (χ2n) is 3.19. The zero-order valence-corrected chi connectivity index (χ0v) is 6.75. The smallest absolute Gasteiger partial charge is 0.0168 e. The second-order valence-corrected chi connectivity index (χ2v) is 4.24. The monoisotopic (exact) mass is 148 g/mol. The Balaban J connectivity index is 2.34. The molecule has 0 amide bonds. The van der Waals surface area contributed by atoms with Crippen molar-refractivity contribution in [3.63, 3.8) is 0 Å². The lowest BCUT2D eigenvalue weighted by atomic mass is 9.81. The molecule has 1 heterocycles. The van der Waals surface area contributed by atoms with Crippen molar-refractivity contribution in [3.05, 3.63) is 27.8 Å². The van der Waals surface area contributed by atoms with E-state index in [-0.39, 0.29) is 0 Å². The van der Waals surface area contributed by atoms with Crippen LogP contribution < -0.4 is 0 Å². The molecule has 0 aliphatic heterocycles. The topological polar surface area (TPSA) is 0 Å². The molecule has 0 aromatic carbocycles. The molecular weight excluding hydrogens is 139 g/mol. The van der Waals surface area contributed by atoms with Crippen LogP contribution in [0.25, 0.3) is 0 Å². The predicted octanol–water partition coefficient (Wildman–Crippen LogP) is 2.46. The Morgan fingerprint density at radius 2 is 1.90 bits per heavy atom. The van der Waals surface area contributed by atoms with Gasteiger partial charge in [0.05, 0.1) is 0 Å². The molecule has 0 unspecified atom stereocenters. The van der Waals surface area contributed by atoms with E-state index in [0.29, 0.717) is 0 Å². The number of fused-ring (bicyclic) bond motifs is 3. The van der Waals surface area contributed by atoms with Crippen molar-refractivity contribution < 1.29 is 0 Å². The van der Waals surface area contributed by atoms with Crippen LogP contribution in [0.4, 0.5) is 0 Å². The van der Waals surface area contributed by atoms with Crippen LogP contribution in [0.2, 0.25) is 0 Å². The van der Waals surface area contributed by atoms with Gasteiger partial charge in [-0.1, -0.05) is 8.19 Å². The molecular formula is C9H9P. The Hall–Kier alpha value is -0.350. The summed E-state index contributed by atoms with van der Waals surface area (Å²) in [6, 6.07) is 0. The molecule has 0 saturated heterocycles. The van der Waals surface area contributed by atoms with E-state index < -0.39 is 0 Å². The van der Waals surface area contributed by atoms with E-state index in [1.54, 1.807) is 22.0 Å². The molecule has 0 N–H and O–H groups in total. The number of rotatable bonds is 0. The third kappa shape index (κ3) is 0.476. The highest BCUT2D eigenvalue weighted by Gasteiger charge is 2.24. The van der Waals surface area contributed by atoms with Crippen molar-refractivity contribution in [1.29, 1.82) is 0 Å². The van der Waals surface area contributed by atoms with E-state index in [1.807, 2.05) is 0 Å². The third-order valence-electron chi connectivity index (χ3n) is 2.73. The second kappa shape index (κ2) is 1.62. The Labute approximate surface area is 62.4 Å². The number of hydrogen-bond donors (Lipinski definition) is 0. The summed E-state index contributed by atoms with van der Waals surface area (Å²) in [5.74, 6) is 2.41. The van der Waals surface area contributed by atoms with E-state index >= 15 is 0 Å². The van der Waals surface area contributed by atoms with Gasteiger partial charge in [-0.2, -0.15) is 0 Å². The quantitative estimate of drug-likeness (QED) is 0.530. The molecule has 1 aromatic rings. The highest BCUT2D eigenvalue weighted by atomic mass is 31.0. The molecule has 0 fully saturated rings. The molecule has 2 aliphatic carbocycles. The summed E-state index contributed by atoms with van der Waals surface area (Å²) in [4.78, 5) is 0. The van der Waals surface area contributed by atoms with Crippen LogP contribution in [0, 0.1) is 0 Å². The maximum Gasteiger partial charge on any atom is -0.0168 e. The van der Waals surface area contributed by atoms with E-state index in [9.17, 15) is 0 Å². The van der Waals surface area contributed by atoms with Crippen LogP contribution in [0.3, 0.4) is 0 Å². The van der Waals surface area contributed by atoms with Gasteiger partial charge in [0.1, 0.15) is 0 Å². The van der Waals surface area contributed by atoms with Crippen molar-refractivity contribution in [3.8, 4) is 0 Å². The maximum absolute atomic E-state index is 2.41. The summed E-state index contributed by atoms with van der Waals surface area (Å²) in [6.07, 6.45) is 5.50. The fourth-order valence-electron chi connectivity index (χ4n) is 1.87. The first-order valence-electron chi connectivity index (χ1n) is 3.93. The van der Waals surface area contributed by atoms with E-state index in [0.717, 1.165) is 0 Å². The van der Waals surface area contributed by atoms with Gasteiger partial charge < -0.3 is 0 Å². The van der Waals surface area contributed by atoms with Gasteiger partial charge in [0, 0.05) is 0 Å². The highest BCUT2D eigenvalue weighted by Crippen LogP contribution is 2.40. The summed E-state index contributed by atoms with van der Waals surface area (Å²) in [7, 11) is 1.51. The van der Waals surface area contributed by atoms with Crippen molar-refractivity contribution >= 4 is 8.19 Å². The fraction of sp³-hybridized carbons (Fsp3) is 0.444. The third-order valence-corrected chi connectivity index (χ3v) is 3.98. The predicted molar refractivity (Wildman–Crippen MR) is 43.8 cm³/mol. The molecule has 10 heavy (non-hydrogen) atoms. The van der Waals surface area contributed by atoms with Crippen LogP contribution in [-0.4, -0.2) is 0 Å². The number of aryl methyl sites for hydroxylation is 2. The van der Waals surface area contributed by atoms with Gasteiger partial charge in [0.15, 0.2) is 0 Å². The Morgan fingerprint density at radius 1 is 1.00 bits per heavy atom. The van der Waals surface area contributed by atoms with Crippen LogP contribution in [-0.2, 0) is 25.7 Å². The lowest BCUT2D eigenvalue weighted by Crippen LogP contribution is -2.18. The Kier molecular flexibility index (Phi) is 0.864. The average Bonchev–Trinajstić information content (AvgIpc) is 1.84. The molecule has 50 valence electrons. The van der Waals surface area contributed by atoms with Gasteiger partial charge in [-0.15, -0.1) is 0 Å². The average molecular weight is 148 g/mol. The molecule has 0 nitrogen and oxygen atoms in total. The molecule has 0 bridgehead atoms. The van der Waals surface area contributed by atoms with Gasteiger partial charge >= 0.3 is 0 Å². The van der Waals surface area contributed by atoms with E-state index in [2.05, 4.69) is 5.80 Å². The zero-order chi connectivity index (χ0) is 6.55. The normalized spacial score (nSPS) is 19.2. The molecule has 0 radical (unpaired) electrons. The van der Waals surface area contributed by atoms with Gasteiger partial charge in [-0.25, -0.2) is 0 Å². The standard InChI is InChI=1S/C9H9P/c1-2-7-6(1)5-10-9-4-3-8(7)9/h5H,1-4H2. The summed E-state index contributed by atoms with van der Waals surface area (Å²) in [5, 5.41) is 1.72. The molecule has 3 rings (SSSR count). The zero-order valence-electron chi connectivity index (χ0n) is 5.85. The van der Waals surface area contributed by atoms with E-state index in [4.69, 9.17) is 0 Å². The summed E-state index contributed by atoms with van der Waals surface area (Å²) < 4.78 is 0. The van der Waals surface area contributed by atoms with Crippen LogP contribution in [0.1, 0.15) is 22.0 Å². The van der Waals surface area contributed by atoms with Crippen molar-refractivity contribution in [1.82, 2.24) is 0 Å². The maximum atomic E-state index is 2.41. The van der Waals surface area contributed by atoms with E-state index in [1.165, 1.54) is 33.9 Å². The highest BCUT2D eigenvalue weighted by molar-refractivity contribution is 7.30. The van der Waals surface area contributed by atoms with Gasteiger partial charge in [-0.3, -0.25) is 0 Å². The molecule has 0 saturated carbocycles. The Morgan fingerprint density at radius 3 is 2.40 bits per heavy atom. The van der Waals surface area contributed by atoms with Crippen LogP contribution in [0.5, 0.6) is 0 Å². The summed E-state index contributed by atoms with van der Waals surface area (Å²) in [6.45, 7) is 0. The van der Waals surface area contributed by atoms with Crippen molar-refractivity contribution in [2.75, 3.05) is 0 Å². The van der Waals surface area contributed by atoms with Gasteiger partial charge in [0.2, 0.25) is 0 Å². The first-order chi connectivity index (χ1) is 4.95. The molecule has 1 aromatic heterocycles. The SMILES string of the molecule is c1pc2c(c3c1CC3)CC2. The summed E-state index contributed by atoms with van der Waals surface area (Å²) >= 11 is 0. The molecule has 2 aliphatic rings. The van der Waals surface area contributed by atoms with Crippen LogP contribution >= 0.6 is 8.19 Å². The van der Waals surface area contributed by atoms with Crippen LogP contribution in [0.15, 0.2) is 5.80 Å². The fourth-order valence-corrected chi connectivity index (χ4v) is 3.11. The minimum atomic E-state index is 1.36. The van der Waals surface area contributed by atoms with Gasteiger partial charge in [-0.05, 0) is 53.5 Å². The largest absolute Gasteiger partial charge is 0.0723 e. The lowest BCUT2D eigenvalue weighted by Gasteiger charge is -2.29. The van der Waals surface area contributed by atoms with Crippen molar-refractivity contribution in [2.24, 2.45) is 0 Å². The molecule has 0 spiro atoms. The Bertz CT molecular complexity index is 271. The first kappa shape index (κ1) is 5.32. The first-order valence-corrected chi connectivity index (χ1v) is 4.90. The minimum absolute atomic E-state index is 1.36. The molecule has 0 atom stereocenters.